The Labute approximate surface area is 193 Å². The summed E-state index contributed by atoms with van der Waals surface area (Å²) in [5.41, 5.74) is -0.738. The molecule has 2 aliphatic heterocycles. The topological polar surface area (TPSA) is 140 Å². The van der Waals surface area contributed by atoms with Gasteiger partial charge in [0.15, 0.2) is 18.4 Å². The van der Waals surface area contributed by atoms with E-state index in [4.69, 9.17) is 18.9 Å². The molecule has 2 spiro atoms. The van der Waals surface area contributed by atoms with Gasteiger partial charge >= 0.3 is 0 Å². The van der Waals surface area contributed by atoms with Gasteiger partial charge in [0, 0.05) is 35.4 Å². The highest BCUT2D eigenvalue weighted by Crippen LogP contribution is 2.52. The Morgan fingerprint density at radius 1 is 0.706 bits per heavy atom. The fraction of sp³-hybridized carbons (Fsp3) is 0.435. The molecule has 178 valence electrons. The number of benzene rings is 2. The van der Waals surface area contributed by atoms with Gasteiger partial charge in [0.2, 0.25) is 0 Å². The number of nitro groups is 2. The molecule has 0 aromatic heterocycles. The van der Waals surface area contributed by atoms with Crippen molar-refractivity contribution in [3.8, 4) is 0 Å². The predicted molar refractivity (Wildman–Crippen MR) is 115 cm³/mol. The zero-order chi connectivity index (χ0) is 23.9. The van der Waals surface area contributed by atoms with Crippen LogP contribution in [0, 0.1) is 31.1 Å². The lowest BCUT2D eigenvalue weighted by Gasteiger charge is -2.40. The van der Waals surface area contributed by atoms with Crippen LogP contribution in [-0.4, -0.2) is 42.1 Å². The lowest BCUT2D eigenvalue weighted by Crippen LogP contribution is -2.50. The average molecular weight is 470 g/mol. The van der Waals surface area contributed by atoms with Gasteiger partial charge in [-0.15, -0.1) is 0 Å². The molecule has 2 aromatic rings. The highest BCUT2D eigenvalue weighted by Gasteiger charge is 2.60. The van der Waals surface area contributed by atoms with Crippen LogP contribution < -0.4 is 0 Å². The number of carbonyl (C=O) groups excluding carboxylic acids is 1. The zero-order valence-corrected chi connectivity index (χ0v) is 18.1. The van der Waals surface area contributed by atoms with Gasteiger partial charge in [0.05, 0.1) is 47.1 Å². The molecule has 2 saturated heterocycles. The van der Waals surface area contributed by atoms with Crippen molar-refractivity contribution < 1.29 is 33.6 Å². The predicted octanol–water partition coefficient (Wildman–Crippen LogP) is 3.63. The normalized spacial score (nSPS) is 31.1. The first-order valence-corrected chi connectivity index (χ1v) is 10.8. The van der Waals surface area contributed by atoms with Crippen LogP contribution in [0.2, 0.25) is 0 Å². The molecule has 0 atom stereocenters. The average Bonchev–Trinajstić information content (AvgIpc) is 3.11. The molecule has 2 aromatic carbocycles. The van der Waals surface area contributed by atoms with Gasteiger partial charge < -0.3 is 18.9 Å². The molecule has 0 bridgehead atoms. The van der Waals surface area contributed by atoms with Crippen molar-refractivity contribution in [2.45, 2.75) is 25.4 Å². The number of nitro benzene ring substituents is 2. The number of hydrogen-bond donors (Lipinski definition) is 0. The summed E-state index contributed by atoms with van der Waals surface area (Å²) in [6.07, 6.45) is -0.484. The van der Waals surface area contributed by atoms with Crippen molar-refractivity contribution in [3.05, 3.63) is 79.9 Å². The van der Waals surface area contributed by atoms with Crippen LogP contribution in [0.4, 0.5) is 11.4 Å². The van der Waals surface area contributed by atoms with Gasteiger partial charge in [-0.25, -0.2) is 0 Å². The molecule has 5 rings (SSSR count). The van der Waals surface area contributed by atoms with Gasteiger partial charge in [0.25, 0.3) is 11.4 Å². The van der Waals surface area contributed by atoms with Gasteiger partial charge in [-0.2, -0.15) is 0 Å². The molecule has 0 radical (unpaired) electrons. The van der Waals surface area contributed by atoms with Crippen molar-refractivity contribution in [3.63, 3.8) is 0 Å². The number of Topliss-reactive ketones (excluding diaryl/α,β-unsaturated/α-hetero) is 1. The summed E-state index contributed by atoms with van der Waals surface area (Å²) in [6, 6.07) is 12.1. The van der Waals surface area contributed by atoms with Crippen LogP contribution in [0.3, 0.4) is 0 Å². The van der Waals surface area contributed by atoms with E-state index in [0.29, 0.717) is 24.0 Å². The minimum absolute atomic E-state index is 0.0463. The second-order valence-electron chi connectivity index (χ2n) is 9.00. The molecule has 0 N–H and O–H groups in total. The first-order chi connectivity index (χ1) is 16.3. The number of carbonyl (C=O) groups is 1. The summed E-state index contributed by atoms with van der Waals surface area (Å²) < 4.78 is 23.4. The van der Waals surface area contributed by atoms with E-state index in [-0.39, 0.29) is 43.6 Å². The Morgan fingerprint density at radius 3 is 1.44 bits per heavy atom. The van der Waals surface area contributed by atoms with Crippen LogP contribution in [0.5, 0.6) is 0 Å². The molecule has 1 aliphatic carbocycles. The number of hydrogen-bond acceptors (Lipinski definition) is 9. The molecule has 1 saturated carbocycles. The number of rotatable bonds is 4. The maximum atomic E-state index is 13.5. The molecule has 11 heteroatoms. The van der Waals surface area contributed by atoms with Crippen molar-refractivity contribution in [1.29, 1.82) is 0 Å². The standard InChI is InChI=1S/C23H22N2O9/c26-21-22(11-31-19(32-12-22)15-3-1-5-17(9-15)24(27)28)7-8-23(21)13-33-20(34-14-23)16-4-2-6-18(10-16)25(29)30/h1-6,9-10,19-20H,7-8,11-14H2. The Bertz CT molecular complexity index is 1050. The molecular formula is C23H22N2O9. The second-order valence-corrected chi connectivity index (χ2v) is 9.00. The zero-order valence-electron chi connectivity index (χ0n) is 18.1. The summed E-state index contributed by atoms with van der Waals surface area (Å²) >= 11 is 0. The van der Waals surface area contributed by atoms with Crippen LogP contribution in [-0.2, 0) is 23.7 Å². The van der Waals surface area contributed by atoms with E-state index in [9.17, 15) is 25.0 Å². The summed E-state index contributed by atoms with van der Waals surface area (Å²) in [4.78, 5) is 34.6. The smallest absolute Gasteiger partial charge is 0.269 e. The summed E-state index contributed by atoms with van der Waals surface area (Å²) in [7, 11) is 0. The molecule has 3 aliphatic rings. The maximum Gasteiger partial charge on any atom is 0.269 e. The summed E-state index contributed by atoms with van der Waals surface area (Å²) in [5.74, 6) is -0.0463. The third-order valence-electron chi connectivity index (χ3n) is 6.80. The number of nitrogens with zero attached hydrogens (tertiary/aromatic N) is 2. The van der Waals surface area contributed by atoms with E-state index in [0.717, 1.165) is 0 Å². The number of ketones is 1. The van der Waals surface area contributed by atoms with E-state index in [1.165, 1.54) is 24.3 Å². The van der Waals surface area contributed by atoms with E-state index in [1.54, 1.807) is 24.3 Å². The van der Waals surface area contributed by atoms with Gasteiger partial charge in [-0.1, -0.05) is 24.3 Å². The molecule has 2 heterocycles. The van der Waals surface area contributed by atoms with Crippen LogP contribution in [0.25, 0.3) is 0 Å². The fourth-order valence-electron chi connectivity index (χ4n) is 4.89. The highest BCUT2D eigenvalue weighted by molar-refractivity contribution is 5.93. The van der Waals surface area contributed by atoms with Gasteiger partial charge in [-0.05, 0) is 12.8 Å². The van der Waals surface area contributed by atoms with E-state index in [1.807, 2.05) is 0 Å². The molecule has 3 fully saturated rings. The summed E-state index contributed by atoms with van der Waals surface area (Å²) in [5, 5.41) is 22.1. The largest absolute Gasteiger partial charge is 0.347 e. The number of ether oxygens (including phenoxy) is 4. The molecular weight excluding hydrogens is 448 g/mol. The summed E-state index contributed by atoms with van der Waals surface area (Å²) in [6.45, 7) is 0.537. The van der Waals surface area contributed by atoms with Crippen molar-refractivity contribution in [2.24, 2.45) is 10.8 Å². The van der Waals surface area contributed by atoms with E-state index < -0.39 is 33.3 Å². The first-order valence-electron chi connectivity index (χ1n) is 10.8. The monoisotopic (exact) mass is 470 g/mol. The third-order valence-corrected chi connectivity index (χ3v) is 6.80. The Morgan fingerprint density at radius 2 is 1.09 bits per heavy atom. The van der Waals surface area contributed by atoms with Crippen molar-refractivity contribution in [1.82, 2.24) is 0 Å². The van der Waals surface area contributed by atoms with Crippen LogP contribution in [0.1, 0.15) is 36.5 Å². The number of non-ortho nitro benzene ring substituents is 2. The molecule has 34 heavy (non-hydrogen) atoms. The molecule has 11 nitrogen and oxygen atoms in total. The highest BCUT2D eigenvalue weighted by atomic mass is 16.7. The fourth-order valence-corrected chi connectivity index (χ4v) is 4.89. The van der Waals surface area contributed by atoms with Gasteiger partial charge in [-0.3, -0.25) is 25.0 Å². The Hall–Kier alpha value is -3.25. The van der Waals surface area contributed by atoms with Crippen LogP contribution >= 0.6 is 0 Å². The second kappa shape index (κ2) is 8.51. The first kappa shape index (κ1) is 22.5. The van der Waals surface area contributed by atoms with E-state index >= 15 is 0 Å². The lowest BCUT2D eigenvalue weighted by molar-refractivity contribution is -0.385. The third kappa shape index (κ3) is 3.86. The lowest BCUT2D eigenvalue weighted by atomic mass is 9.78. The van der Waals surface area contributed by atoms with Crippen molar-refractivity contribution in [2.75, 3.05) is 26.4 Å². The molecule has 0 unspecified atom stereocenters. The molecule has 0 amide bonds. The minimum Gasteiger partial charge on any atom is -0.347 e. The maximum absolute atomic E-state index is 13.5. The van der Waals surface area contributed by atoms with Crippen LogP contribution in [0.15, 0.2) is 48.5 Å². The Kier molecular flexibility index (Phi) is 5.64. The quantitative estimate of drug-likeness (QED) is 0.484. The van der Waals surface area contributed by atoms with Gasteiger partial charge in [0.1, 0.15) is 0 Å². The van der Waals surface area contributed by atoms with Crippen molar-refractivity contribution >= 4 is 17.2 Å². The minimum atomic E-state index is -0.831. The Balaban J connectivity index is 1.24. The SMILES string of the molecule is O=C1C2(CCC13COC(c1cccc([N+](=O)[O-])c1)OC3)COC(c1cccc([N+](=O)[O-])c1)OC2. The van der Waals surface area contributed by atoms with E-state index in [2.05, 4.69) is 0 Å².